The van der Waals surface area contributed by atoms with E-state index in [1.807, 2.05) is 68.4 Å². The van der Waals surface area contributed by atoms with Crippen LogP contribution < -0.4 is 5.56 Å². The molecule has 27 heavy (non-hydrogen) atoms. The number of hydrogen-bond acceptors (Lipinski definition) is 2. The SMILES string of the molecule is CC.O=c1c2cccc3cccc(c32)c2nc3cccc4cccc(c43)n12. The molecule has 3 heteroatoms. The highest BCUT2D eigenvalue weighted by molar-refractivity contribution is 6.16. The Balaban J connectivity index is 0.000000777. The fourth-order valence-electron chi connectivity index (χ4n) is 4.07. The minimum atomic E-state index is -0.00921. The van der Waals surface area contributed by atoms with E-state index in [0.29, 0.717) is 0 Å². The van der Waals surface area contributed by atoms with Crippen LogP contribution in [0, 0.1) is 0 Å². The molecule has 0 fully saturated rings. The quantitative estimate of drug-likeness (QED) is 0.257. The molecule has 0 aliphatic carbocycles. The zero-order chi connectivity index (χ0) is 18.5. The number of hydrogen-bond donors (Lipinski definition) is 0. The lowest BCUT2D eigenvalue weighted by Gasteiger charge is -2.13. The van der Waals surface area contributed by atoms with Crippen molar-refractivity contribution in [2.75, 3.05) is 0 Å². The summed E-state index contributed by atoms with van der Waals surface area (Å²) in [5.41, 5.74) is 2.55. The van der Waals surface area contributed by atoms with Crippen molar-refractivity contribution in [2.24, 2.45) is 0 Å². The molecular formula is C24H18N2O. The Morgan fingerprint density at radius 3 is 2.04 bits per heavy atom. The van der Waals surface area contributed by atoms with Crippen molar-refractivity contribution in [3.63, 3.8) is 0 Å². The van der Waals surface area contributed by atoms with Gasteiger partial charge in [-0.1, -0.05) is 68.4 Å². The summed E-state index contributed by atoms with van der Waals surface area (Å²) in [5, 5.41) is 5.96. The maximum absolute atomic E-state index is 13.3. The Hall–Kier alpha value is -3.46. The third kappa shape index (κ3) is 2.02. The van der Waals surface area contributed by atoms with Crippen LogP contribution in [0.1, 0.15) is 13.8 Å². The first-order valence-electron chi connectivity index (χ1n) is 9.30. The van der Waals surface area contributed by atoms with E-state index in [9.17, 15) is 4.79 Å². The topological polar surface area (TPSA) is 34.4 Å². The van der Waals surface area contributed by atoms with Crippen molar-refractivity contribution in [3.8, 4) is 0 Å². The van der Waals surface area contributed by atoms with Gasteiger partial charge in [-0.05, 0) is 29.0 Å². The lowest BCUT2D eigenvalue weighted by molar-refractivity contribution is 1.15. The maximum atomic E-state index is 13.3. The molecule has 6 aromatic rings. The second kappa shape index (κ2) is 5.78. The van der Waals surface area contributed by atoms with Crippen LogP contribution in [0.15, 0.2) is 77.6 Å². The van der Waals surface area contributed by atoms with E-state index < -0.39 is 0 Å². The highest BCUT2D eigenvalue weighted by Crippen LogP contribution is 2.31. The monoisotopic (exact) mass is 350 g/mol. The van der Waals surface area contributed by atoms with E-state index in [4.69, 9.17) is 4.98 Å². The highest BCUT2D eigenvalue weighted by atomic mass is 16.1. The molecule has 0 bridgehead atoms. The van der Waals surface area contributed by atoms with Crippen LogP contribution in [0.4, 0.5) is 0 Å². The number of nitrogens with zero attached hydrogens (tertiary/aromatic N) is 2. The minimum absolute atomic E-state index is 0.00921. The van der Waals surface area contributed by atoms with Gasteiger partial charge in [-0.2, -0.15) is 0 Å². The van der Waals surface area contributed by atoms with Gasteiger partial charge in [0.2, 0.25) is 0 Å². The van der Waals surface area contributed by atoms with E-state index >= 15 is 0 Å². The molecule has 0 unspecified atom stereocenters. The predicted octanol–water partition coefficient (Wildman–Crippen LogP) is 5.77. The molecule has 0 radical (unpaired) electrons. The first kappa shape index (κ1) is 15.8. The first-order chi connectivity index (χ1) is 13.3. The summed E-state index contributed by atoms with van der Waals surface area (Å²) in [5.74, 6) is 0. The third-order valence-electron chi connectivity index (χ3n) is 5.12. The molecule has 2 aromatic heterocycles. The summed E-state index contributed by atoms with van der Waals surface area (Å²) in [6, 6.07) is 24.2. The Morgan fingerprint density at radius 2 is 1.30 bits per heavy atom. The van der Waals surface area contributed by atoms with Crippen LogP contribution in [0.3, 0.4) is 0 Å². The third-order valence-corrected chi connectivity index (χ3v) is 5.12. The molecule has 0 atom stereocenters. The molecular weight excluding hydrogens is 332 g/mol. The van der Waals surface area contributed by atoms with Crippen LogP contribution in [-0.4, -0.2) is 9.38 Å². The number of rotatable bonds is 0. The van der Waals surface area contributed by atoms with Crippen molar-refractivity contribution >= 4 is 49.0 Å². The summed E-state index contributed by atoms with van der Waals surface area (Å²) < 4.78 is 1.77. The molecule has 0 saturated carbocycles. The van der Waals surface area contributed by atoms with Crippen LogP contribution in [0.25, 0.3) is 49.0 Å². The fraction of sp³-hybridized carbons (Fsp3) is 0.0833. The molecule has 0 aliphatic rings. The average molecular weight is 350 g/mol. The lowest BCUT2D eigenvalue weighted by atomic mass is 10.0. The van der Waals surface area contributed by atoms with Gasteiger partial charge >= 0.3 is 0 Å². The molecule has 0 saturated heterocycles. The standard InChI is InChI=1S/C22H12N2O.C2H6/c25-22-16-10-2-6-13-5-1-9-15(19(13)16)21-23-17-11-3-7-14-8-4-12-18(20(14)17)24(21)22;1-2/h1-12H;1-2H3. The van der Waals surface area contributed by atoms with Crippen molar-refractivity contribution in [1.29, 1.82) is 0 Å². The molecule has 0 aliphatic heterocycles. The summed E-state index contributed by atoms with van der Waals surface area (Å²) in [4.78, 5) is 18.2. The Labute approximate surface area is 155 Å². The zero-order valence-electron chi connectivity index (χ0n) is 15.2. The maximum Gasteiger partial charge on any atom is 0.264 e. The van der Waals surface area contributed by atoms with Crippen LogP contribution in [0.5, 0.6) is 0 Å². The van der Waals surface area contributed by atoms with Gasteiger partial charge in [0.1, 0.15) is 5.65 Å². The molecule has 4 aromatic carbocycles. The number of benzene rings is 4. The summed E-state index contributed by atoms with van der Waals surface area (Å²) in [6.07, 6.45) is 0. The highest BCUT2D eigenvalue weighted by Gasteiger charge is 2.15. The van der Waals surface area contributed by atoms with Crippen molar-refractivity contribution < 1.29 is 0 Å². The van der Waals surface area contributed by atoms with Gasteiger partial charge in [0.25, 0.3) is 5.56 Å². The normalized spacial score (nSPS) is 11.5. The van der Waals surface area contributed by atoms with Gasteiger partial charge in [-0.25, -0.2) is 4.98 Å². The molecule has 0 N–H and O–H groups in total. The van der Waals surface area contributed by atoms with E-state index in [1.165, 1.54) is 0 Å². The second-order valence-corrected chi connectivity index (χ2v) is 6.44. The molecule has 6 rings (SSSR count). The summed E-state index contributed by atoms with van der Waals surface area (Å²) in [6.45, 7) is 4.00. The van der Waals surface area contributed by atoms with Gasteiger partial charge in [0.15, 0.2) is 0 Å². The zero-order valence-corrected chi connectivity index (χ0v) is 15.2. The second-order valence-electron chi connectivity index (χ2n) is 6.44. The molecule has 0 amide bonds. The van der Waals surface area contributed by atoms with E-state index in [-0.39, 0.29) is 5.56 Å². The largest absolute Gasteiger partial charge is 0.268 e. The van der Waals surface area contributed by atoms with Crippen molar-refractivity contribution in [2.45, 2.75) is 13.8 Å². The lowest BCUT2D eigenvalue weighted by Crippen LogP contribution is -2.16. The van der Waals surface area contributed by atoms with Gasteiger partial charge in [0.05, 0.1) is 11.0 Å². The average Bonchev–Trinajstić information content (AvgIpc) is 2.73. The minimum Gasteiger partial charge on any atom is -0.268 e. The fourth-order valence-corrected chi connectivity index (χ4v) is 4.07. The molecule has 2 heterocycles. The molecule has 0 spiro atoms. The van der Waals surface area contributed by atoms with Gasteiger partial charge in [0, 0.05) is 21.5 Å². The van der Waals surface area contributed by atoms with Gasteiger partial charge < -0.3 is 0 Å². The van der Waals surface area contributed by atoms with Crippen LogP contribution in [0.2, 0.25) is 0 Å². The summed E-state index contributed by atoms with van der Waals surface area (Å²) in [7, 11) is 0. The molecule has 130 valence electrons. The van der Waals surface area contributed by atoms with Crippen LogP contribution in [-0.2, 0) is 0 Å². The Bertz CT molecular complexity index is 1500. The number of pyridine rings is 1. The summed E-state index contributed by atoms with van der Waals surface area (Å²) >= 11 is 0. The van der Waals surface area contributed by atoms with Crippen molar-refractivity contribution in [3.05, 3.63) is 83.2 Å². The van der Waals surface area contributed by atoms with E-state index in [0.717, 1.165) is 49.0 Å². The molecule has 3 nitrogen and oxygen atoms in total. The Morgan fingerprint density at radius 1 is 0.704 bits per heavy atom. The first-order valence-corrected chi connectivity index (χ1v) is 9.30. The smallest absolute Gasteiger partial charge is 0.264 e. The Kier molecular flexibility index (Phi) is 3.37. The number of aromatic nitrogens is 2. The van der Waals surface area contributed by atoms with E-state index in [2.05, 4.69) is 18.2 Å². The predicted molar refractivity (Wildman–Crippen MR) is 114 cm³/mol. The van der Waals surface area contributed by atoms with E-state index in [1.54, 1.807) is 4.40 Å². The van der Waals surface area contributed by atoms with Crippen LogP contribution >= 0.6 is 0 Å². The van der Waals surface area contributed by atoms with Gasteiger partial charge in [-0.3, -0.25) is 9.20 Å². The number of fused-ring (bicyclic) bond motifs is 3. The van der Waals surface area contributed by atoms with Crippen molar-refractivity contribution in [1.82, 2.24) is 9.38 Å². The van der Waals surface area contributed by atoms with Gasteiger partial charge in [-0.15, -0.1) is 0 Å².